The third-order valence-electron chi connectivity index (χ3n) is 3.10. The van der Waals surface area contributed by atoms with Gasteiger partial charge in [-0.3, -0.25) is 0 Å². The molecule has 1 unspecified atom stereocenters. The first-order chi connectivity index (χ1) is 8.29. The molecule has 0 spiro atoms. The highest BCUT2D eigenvalue weighted by atomic mass is 16.5. The van der Waals surface area contributed by atoms with E-state index >= 15 is 0 Å². The van der Waals surface area contributed by atoms with Crippen molar-refractivity contribution in [1.29, 1.82) is 0 Å². The lowest BCUT2D eigenvalue weighted by Crippen LogP contribution is -2.17. The average Bonchev–Trinajstić information content (AvgIpc) is 2.40. The maximum Gasteiger partial charge on any atom is 0.286 e. The van der Waals surface area contributed by atoms with Crippen LogP contribution in [0.2, 0.25) is 0 Å². The standard InChI is InChI=1S/C14H18N2O/c1-16-14(15)17-13-9-7-12(8-10-13)11-5-3-2-4-6-11/h2-6,9,12H,7-8,10H2,1H3,(H2,15,16). The van der Waals surface area contributed by atoms with Gasteiger partial charge < -0.3 is 10.5 Å². The number of nitrogens with two attached hydrogens (primary N) is 1. The molecule has 0 fully saturated rings. The monoisotopic (exact) mass is 230 g/mol. The summed E-state index contributed by atoms with van der Waals surface area (Å²) in [5.41, 5.74) is 6.94. The Morgan fingerprint density at radius 3 is 2.71 bits per heavy atom. The summed E-state index contributed by atoms with van der Waals surface area (Å²) in [7, 11) is 1.63. The Labute approximate surface area is 102 Å². The molecule has 1 aliphatic rings. The maximum atomic E-state index is 5.54. The topological polar surface area (TPSA) is 47.6 Å². The van der Waals surface area contributed by atoms with Gasteiger partial charge in [0.05, 0.1) is 0 Å². The summed E-state index contributed by atoms with van der Waals surface area (Å²) in [4.78, 5) is 3.79. The van der Waals surface area contributed by atoms with Crippen LogP contribution in [-0.2, 0) is 4.74 Å². The van der Waals surface area contributed by atoms with Crippen LogP contribution in [-0.4, -0.2) is 13.1 Å². The molecule has 2 rings (SSSR count). The smallest absolute Gasteiger partial charge is 0.286 e. The fourth-order valence-electron chi connectivity index (χ4n) is 2.11. The quantitative estimate of drug-likeness (QED) is 0.627. The number of benzene rings is 1. The Bertz CT molecular complexity index is 423. The molecule has 1 aromatic rings. The van der Waals surface area contributed by atoms with Gasteiger partial charge in [0.1, 0.15) is 5.76 Å². The largest absolute Gasteiger partial charge is 0.431 e. The van der Waals surface area contributed by atoms with Gasteiger partial charge in [-0.05, 0) is 30.4 Å². The summed E-state index contributed by atoms with van der Waals surface area (Å²) < 4.78 is 5.41. The summed E-state index contributed by atoms with van der Waals surface area (Å²) in [6.45, 7) is 0. The number of hydrogen-bond donors (Lipinski definition) is 1. The van der Waals surface area contributed by atoms with Gasteiger partial charge in [0.25, 0.3) is 6.02 Å². The van der Waals surface area contributed by atoms with E-state index in [0.29, 0.717) is 5.92 Å². The minimum atomic E-state index is 0.245. The molecule has 1 aliphatic carbocycles. The number of ether oxygens (including phenoxy) is 1. The molecule has 1 aromatic carbocycles. The second-order valence-corrected chi connectivity index (χ2v) is 4.22. The second-order valence-electron chi connectivity index (χ2n) is 4.22. The molecule has 0 heterocycles. The first-order valence-electron chi connectivity index (χ1n) is 5.93. The zero-order valence-electron chi connectivity index (χ0n) is 10.1. The minimum absolute atomic E-state index is 0.245. The molecule has 3 nitrogen and oxygen atoms in total. The van der Waals surface area contributed by atoms with E-state index in [0.717, 1.165) is 25.0 Å². The number of rotatable bonds is 2. The van der Waals surface area contributed by atoms with E-state index in [1.165, 1.54) is 5.56 Å². The molecule has 0 saturated heterocycles. The van der Waals surface area contributed by atoms with Gasteiger partial charge in [0.2, 0.25) is 0 Å². The Kier molecular flexibility index (Phi) is 3.81. The van der Waals surface area contributed by atoms with Crippen LogP contribution in [0.3, 0.4) is 0 Å². The van der Waals surface area contributed by atoms with Crippen LogP contribution in [0.4, 0.5) is 0 Å². The van der Waals surface area contributed by atoms with Crippen molar-refractivity contribution in [2.24, 2.45) is 10.7 Å². The zero-order valence-corrected chi connectivity index (χ0v) is 10.1. The minimum Gasteiger partial charge on any atom is -0.431 e. The van der Waals surface area contributed by atoms with Crippen molar-refractivity contribution in [2.45, 2.75) is 25.2 Å². The molecule has 0 aromatic heterocycles. The molecular weight excluding hydrogens is 212 g/mol. The van der Waals surface area contributed by atoms with Crippen molar-refractivity contribution in [3.8, 4) is 0 Å². The van der Waals surface area contributed by atoms with Crippen LogP contribution in [0.25, 0.3) is 0 Å². The highest BCUT2D eigenvalue weighted by Gasteiger charge is 2.17. The lowest BCUT2D eigenvalue weighted by Gasteiger charge is -2.21. The number of aliphatic imine (C=N–C) groups is 1. The summed E-state index contributed by atoms with van der Waals surface area (Å²) in [5, 5.41) is 0. The molecule has 90 valence electrons. The van der Waals surface area contributed by atoms with Crippen LogP contribution in [0.15, 0.2) is 47.2 Å². The first-order valence-corrected chi connectivity index (χ1v) is 5.93. The molecule has 0 amide bonds. The fourth-order valence-corrected chi connectivity index (χ4v) is 2.11. The third kappa shape index (κ3) is 3.09. The average molecular weight is 230 g/mol. The van der Waals surface area contributed by atoms with Crippen molar-refractivity contribution < 1.29 is 4.74 Å². The number of hydrogen-bond acceptors (Lipinski definition) is 2. The first kappa shape index (κ1) is 11.7. The van der Waals surface area contributed by atoms with Crippen molar-refractivity contribution in [1.82, 2.24) is 0 Å². The summed E-state index contributed by atoms with van der Waals surface area (Å²) in [5.74, 6) is 1.55. The van der Waals surface area contributed by atoms with Crippen molar-refractivity contribution >= 4 is 6.02 Å². The Morgan fingerprint density at radius 2 is 2.12 bits per heavy atom. The van der Waals surface area contributed by atoms with Crippen molar-refractivity contribution in [3.05, 3.63) is 47.7 Å². The van der Waals surface area contributed by atoms with E-state index in [1.807, 2.05) is 0 Å². The Morgan fingerprint density at radius 1 is 1.35 bits per heavy atom. The van der Waals surface area contributed by atoms with E-state index in [1.54, 1.807) is 7.05 Å². The van der Waals surface area contributed by atoms with Crippen molar-refractivity contribution in [2.75, 3.05) is 7.05 Å². The second kappa shape index (κ2) is 5.53. The van der Waals surface area contributed by atoms with Crippen LogP contribution < -0.4 is 5.73 Å². The molecule has 2 N–H and O–H groups in total. The van der Waals surface area contributed by atoms with Crippen LogP contribution in [0, 0.1) is 0 Å². The van der Waals surface area contributed by atoms with Gasteiger partial charge in [-0.2, -0.15) is 0 Å². The van der Waals surface area contributed by atoms with Gasteiger partial charge in [-0.15, -0.1) is 0 Å². The van der Waals surface area contributed by atoms with Crippen LogP contribution in [0.5, 0.6) is 0 Å². The highest BCUT2D eigenvalue weighted by Crippen LogP contribution is 2.32. The number of allylic oxidation sites excluding steroid dienone is 2. The Hall–Kier alpha value is -1.77. The molecule has 17 heavy (non-hydrogen) atoms. The summed E-state index contributed by atoms with van der Waals surface area (Å²) in [6, 6.07) is 10.8. The number of nitrogens with zero attached hydrogens (tertiary/aromatic N) is 1. The third-order valence-corrected chi connectivity index (χ3v) is 3.10. The fraction of sp³-hybridized carbons (Fsp3) is 0.357. The Balaban J connectivity index is 1.97. The van der Waals surface area contributed by atoms with E-state index in [2.05, 4.69) is 41.4 Å². The van der Waals surface area contributed by atoms with E-state index in [-0.39, 0.29) is 6.02 Å². The van der Waals surface area contributed by atoms with Crippen LogP contribution >= 0.6 is 0 Å². The predicted molar refractivity (Wildman–Crippen MR) is 69.7 cm³/mol. The van der Waals surface area contributed by atoms with Gasteiger partial charge in [-0.25, -0.2) is 4.99 Å². The van der Waals surface area contributed by atoms with Crippen LogP contribution in [0.1, 0.15) is 30.7 Å². The highest BCUT2D eigenvalue weighted by molar-refractivity contribution is 5.72. The maximum absolute atomic E-state index is 5.54. The molecule has 0 saturated carbocycles. The number of amidine groups is 1. The lowest BCUT2D eigenvalue weighted by atomic mass is 9.87. The summed E-state index contributed by atoms with van der Waals surface area (Å²) >= 11 is 0. The molecule has 3 heteroatoms. The van der Waals surface area contributed by atoms with Gasteiger partial charge in [0.15, 0.2) is 0 Å². The molecule has 0 bridgehead atoms. The van der Waals surface area contributed by atoms with Gasteiger partial charge in [0, 0.05) is 13.5 Å². The summed E-state index contributed by atoms with van der Waals surface area (Å²) in [6.07, 6.45) is 5.16. The van der Waals surface area contributed by atoms with Crippen molar-refractivity contribution in [3.63, 3.8) is 0 Å². The van der Waals surface area contributed by atoms with E-state index < -0.39 is 0 Å². The normalized spacial score (nSPS) is 20.9. The van der Waals surface area contributed by atoms with Gasteiger partial charge >= 0.3 is 0 Å². The molecule has 0 radical (unpaired) electrons. The molecule has 1 atom stereocenters. The molecular formula is C14H18N2O. The predicted octanol–water partition coefficient (Wildman–Crippen LogP) is 2.80. The van der Waals surface area contributed by atoms with E-state index in [9.17, 15) is 0 Å². The zero-order chi connectivity index (χ0) is 12.1. The molecule has 0 aliphatic heterocycles. The van der Waals surface area contributed by atoms with E-state index in [4.69, 9.17) is 10.5 Å². The SMILES string of the molecule is CN=C(N)OC1=CCC(c2ccccc2)CC1. The lowest BCUT2D eigenvalue weighted by molar-refractivity contribution is 0.359. The van der Waals surface area contributed by atoms with Gasteiger partial charge in [-0.1, -0.05) is 30.3 Å².